The Bertz CT molecular complexity index is 656. The van der Waals surface area contributed by atoms with Crippen LogP contribution in [0.2, 0.25) is 0 Å². The van der Waals surface area contributed by atoms with Crippen molar-refractivity contribution in [3.8, 4) is 22.8 Å². The summed E-state index contributed by atoms with van der Waals surface area (Å²) in [5, 5.41) is 0. The highest BCUT2D eigenvalue weighted by Gasteiger charge is 2.17. The molecule has 1 aliphatic rings. The molecule has 2 heterocycles. The molecule has 0 unspecified atom stereocenters. The molecule has 0 radical (unpaired) electrons. The number of hydrogen-bond donors (Lipinski definition) is 1. The predicted molar refractivity (Wildman–Crippen MR) is 81.6 cm³/mol. The standard InChI is InChI=1S/C16H19N3O2/c1-10(2)14-15(18-9-19-16(14)17)11-4-5-12-13(8-11)21-7-3-6-20-12/h4-5,8-10H,3,6-7H2,1-2H3,(H2,17,18,19). The van der Waals surface area contributed by atoms with E-state index in [-0.39, 0.29) is 5.92 Å². The van der Waals surface area contributed by atoms with E-state index in [1.54, 1.807) is 0 Å². The van der Waals surface area contributed by atoms with Crippen LogP contribution in [0, 0.1) is 0 Å². The minimum atomic E-state index is 0.247. The summed E-state index contributed by atoms with van der Waals surface area (Å²) in [6.07, 6.45) is 2.39. The second kappa shape index (κ2) is 5.60. The Morgan fingerprint density at radius 3 is 2.62 bits per heavy atom. The molecule has 3 rings (SSSR count). The van der Waals surface area contributed by atoms with E-state index in [1.807, 2.05) is 18.2 Å². The molecule has 0 spiro atoms. The Morgan fingerprint density at radius 2 is 1.86 bits per heavy atom. The Balaban J connectivity index is 2.09. The molecule has 21 heavy (non-hydrogen) atoms. The van der Waals surface area contributed by atoms with Crippen molar-refractivity contribution < 1.29 is 9.47 Å². The summed E-state index contributed by atoms with van der Waals surface area (Å²) in [7, 11) is 0. The zero-order chi connectivity index (χ0) is 14.8. The second-order valence-electron chi connectivity index (χ2n) is 5.39. The lowest BCUT2D eigenvalue weighted by molar-refractivity contribution is 0.297. The number of aromatic nitrogens is 2. The molecular formula is C16H19N3O2. The van der Waals surface area contributed by atoms with Crippen molar-refractivity contribution in [2.24, 2.45) is 0 Å². The molecule has 1 aromatic heterocycles. The normalized spacial score (nSPS) is 14.0. The maximum absolute atomic E-state index is 6.02. The maximum atomic E-state index is 6.02. The van der Waals surface area contributed by atoms with Gasteiger partial charge in [-0.25, -0.2) is 9.97 Å². The van der Waals surface area contributed by atoms with Gasteiger partial charge in [0.25, 0.3) is 0 Å². The van der Waals surface area contributed by atoms with Crippen molar-refractivity contribution in [1.82, 2.24) is 9.97 Å². The summed E-state index contributed by atoms with van der Waals surface area (Å²) in [5.41, 5.74) is 8.80. The molecule has 5 nitrogen and oxygen atoms in total. The van der Waals surface area contributed by atoms with Gasteiger partial charge in [0.2, 0.25) is 0 Å². The van der Waals surface area contributed by atoms with Gasteiger partial charge in [-0.3, -0.25) is 0 Å². The largest absolute Gasteiger partial charge is 0.490 e. The topological polar surface area (TPSA) is 70.3 Å². The molecule has 0 aliphatic carbocycles. The van der Waals surface area contributed by atoms with Crippen molar-refractivity contribution in [1.29, 1.82) is 0 Å². The third-order valence-corrected chi connectivity index (χ3v) is 3.51. The van der Waals surface area contributed by atoms with Crippen LogP contribution in [0.4, 0.5) is 5.82 Å². The van der Waals surface area contributed by atoms with Gasteiger partial charge in [0.15, 0.2) is 11.5 Å². The highest BCUT2D eigenvalue weighted by molar-refractivity contribution is 5.70. The monoisotopic (exact) mass is 285 g/mol. The molecule has 5 heteroatoms. The Labute approximate surface area is 124 Å². The molecule has 0 atom stereocenters. The van der Waals surface area contributed by atoms with Crippen LogP contribution < -0.4 is 15.2 Å². The van der Waals surface area contributed by atoms with Gasteiger partial charge >= 0.3 is 0 Å². The van der Waals surface area contributed by atoms with Crippen molar-refractivity contribution in [3.05, 3.63) is 30.1 Å². The number of ether oxygens (including phenoxy) is 2. The Kier molecular flexibility index (Phi) is 3.64. The van der Waals surface area contributed by atoms with Crippen LogP contribution in [0.1, 0.15) is 31.7 Å². The quantitative estimate of drug-likeness (QED) is 0.918. The van der Waals surface area contributed by atoms with E-state index in [2.05, 4.69) is 23.8 Å². The average Bonchev–Trinajstić information content (AvgIpc) is 2.71. The molecule has 1 aromatic carbocycles. The van der Waals surface area contributed by atoms with E-state index < -0.39 is 0 Å². The number of anilines is 1. The summed E-state index contributed by atoms with van der Waals surface area (Å²) in [6.45, 7) is 5.52. The summed E-state index contributed by atoms with van der Waals surface area (Å²) in [5.74, 6) is 2.32. The number of benzene rings is 1. The van der Waals surface area contributed by atoms with Crippen LogP contribution in [0.5, 0.6) is 11.5 Å². The maximum Gasteiger partial charge on any atom is 0.161 e. The fraction of sp³-hybridized carbons (Fsp3) is 0.375. The third-order valence-electron chi connectivity index (χ3n) is 3.51. The first-order valence-corrected chi connectivity index (χ1v) is 7.17. The van der Waals surface area contributed by atoms with Crippen molar-refractivity contribution in [2.45, 2.75) is 26.2 Å². The van der Waals surface area contributed by atoms with E-state index in [0.717, 1.165) is 34.7 Å². The number of rotatable bonds is 2. The van der Waals surface area contributed by atoms with Gasteiger partial charge in [0, 0.05) is 17.5 Å². The van der Waals surface area contributed by atoms with Crippen LogP contribution in [-0.4, -0.2) is 23.2 Å². The smallest absolute Gasteiger partial charge is 0.161 e. The summed E-state index contributed by atoms with van der Waals surface area (Å²) in [6, 6.07) is 5.88. The lowest BCUT2D eigenvalue weighted by Gasteiger charge is -2.15. The van der Waals surface area contributed by atoms with E-state index in [1.165, 1.54) is 6.33 Å². The molecule has 0 amide bonds. The molecule has 2 aromatic rings. The van der Waals surface area contributed by atoms with Crippen LogP contribution in [0.3, 0.4) is 0 Å². The Hall–Kier alpha value is -2.30. The van der Waals surface area contributed by atoms with Gasteiger partial charge in [-0.15, -0.1) is 0 Å². The van der Waals surface area contributed by atoms with Crippen LogP contribution in [-0.2, 0) is 0 Å². The lowest BCUT2D eigenvalue weighted by Crippen LogP contribution is -2.04. The third kappa shape index (κ3) is 2.63. The summed E-state index contributed by atoms with van der Waals surface area (Å²) in [4.78, 5) is 8.52. The Morgan fingerprint density at radius 1 is 1.10 bits per heavy atom. The minimum Gasteiger partial charge on any atom is -0.490 e. The first-order valence-electron chi connectivity index (χ1n) is 7.17. The lowest BCUT2D eigenvalue weighted by atomic mass is 9.97. The SMILES string of the molecule is CC(C)c1c(N)ncnc1-c1ccc2c(c1)OCCCO2. The van der Waals surface area contributed by atoms with Gasteiger partial charge in [0.1, 0.15) is 12.1 Å². The minimum absolute atomic E-state index is 0.247. The fourth-order valence-corrected chi connectivity index (χ4v) is 2.52. The molecule has 0 fully saturated rings. The van der Waals surface area contributed by atoms with Crippen molar-refractivity contribution >= 4 is 5.82 Å². The molecule has 0 saturated heterocycles. The van der Waals surface area contributed by atoms with Crippen molar-refractivity contribution in [3.63, 3.8) is 0 Å². The van der Waals surface area contributed by atoms with Crippen LogP contribution >= 0.6 is 0 Å². The van der Waals surface area contributed by atoms with Gasteiger partial charge in [-0.1, -0.05) is 13.8 Å². The fourth-order valence-electron chi connectivity index (χ4n) is 2.52. The number of nitrogen functional groups attached to an aromatic ring is 1. The first kappa shape index (κ1) is 13.7. The second-order valence-corrected chi connectivity index (χ2v) is 5.39. The predicted octanol–water partition coefficient (Wildman–Crippen LogP) is 3.01. The van der Waals surface area contributed by atoms with Gasteiger partial charge in [-0.2, -0.15) is 0 Å². The molecule has 110 valence electrons. The van der Waals surface area contributed by atoms with E-state index in [0.29, 0.717) is 19.0 Å². The summed E-state index contributed by atoms with van der Waals surface area (Å²) < 4.78 is 11.4. The van der Waals surface area contributed by atoms with Crippen molar-refractivity contribution in [2.75, 3.05) is 18.9 Å². The zero-order valence-corrected chi connectivity index (χ0v) is 12.3. The van der Waals surface area contributed by atoms with Gasteiger partial charge < -0.3 is 15.2 Å². The number of hydrogen-bond acceptors (Lipinski definition) is 5. The van der Waals surface area contributed by atoms with E-state index >= 15 is 0 Å². The number of nitrogens with two attached hydrogens (primary N) is 1. The molecule has 0 bridgehead atoms. The van der Waals surface area contributed by atoms with Crippen LogP contribution in [0.25, 0.3) is 11.3 Å². The molecule has 2 N–H and O–H groups in total. The molecule has 0 saturated carbocycles. The zero-order valence-electron chi connectivity index (χ0n) is 12.3. The van der Waals surface area contributed by atoms with E-state index in [9.17, 15) is 0 Å². The van der Waals surface area contributed by atoms with Gasteiger partial charge in [0.05, 0.1) is 18.9 Å². The first-order chi connectivity index (χ1) is 10.2. The molecular weight excluding hydrogens is 266 g/mol. The molecule has 1 aliphatic heterocycles. The average molecular weight is 285 g/mol. The van der Waals surface area contributed by atoms with Crippen LogP contribution in [0.15, 0.2) is 24.5 Å². The number of nitrogens with zero attached hydrogens (tertiary/aromatic N) is 2. The highest BCUT2D eigenvalue weighted by atomic mass is 16.5. The van der Waals surface area contributed by atoms with E-state index in [4.69, 9.17) is 15.2 Å². The number of fused-ring (bicyclic) bond motifs is 1. The summed E-state index contributed by atoms with van der Waals surface area (Å²) >= 11 is 0. The van der Waals surface area contributed by atoms with Gasteiger partial charge in [-0.05, 0) is 24.1 Å². The highest BCUT2D eigenvalue weighted by Crippen LogP contribution is 2.36.